The van der Waals surface area contributed by atoms with Gasteiger partial charge in [0, 0.05) is 39.1 Å². The van der Waals surface area contributed by atoms with Crippen LogP contribution in [0.3, 0.4) is 0 Å². The average molecular weight is 606 g/mol. The molecule has 0 aliphatic carbocycles. The van der Waals surface area contributed by atoms with E-state index in [4.69, 9.17) is 21.9 Å². The van der Waals surface area contributed by atoms with Gasteiger partial charge in [0.05, 0.1) is 18.2 Å². The van der Waals surface area contributed by atoms with Gasteiger partial charge in [-0.05, 0) is 53.5 Å². The molecule has 2 atom stereocenters. The highest BCUT2D eigenvalue weighted by Gasteiger charge is 2.30. The normalized spacial score (nSPS) is 14.2. The molecule has 0 saturated carbocycles. The third-order valence-corrected chi connectivity index (χ3v) is 7.13. The predicted octanol–water partition coefficient (Wildman–Crippen LogP) is -0.490. The van der Waals surface area contributed by atoms with Crippen molar-refractivity contribution in [1.29, 1.82) is 0 Å². The topological polar surface area (TPSA) is 186 Å². The highest BCUT2D eigenvalue weighted by molar-refractivity contribution is 6.61. The van der Waals surface area contributed by atoms with Gasteiger partial charge >= 0.3 is 13.3 Å². The quantitative estimate of drug-likeness (QED) is 0.147. The van der Waals surface area contributed by atoms with Crippen molar-refractivity contribution in [3.63, 3.8) is 0 Å². The molecule has 2 aromatic rings. The number of aryl methyl sites for hydroxylation is 1. The highest BCUT2D eigenvalue weighted by atomic mass is 19.4. The number of carbonyl (C=O) groups excluding carboxylic acids is 3. The number of rotatable bonds is 15. The van der Waals surface area contributed by atoms with Crippen molar-refractivity contribution in [2.45, 2.75) is 57.1 Å². The van der Waals surface area contributed by atoms with Gasteiger partial charge in [-0.3, -0.25) is 14.4 Å². The van der Waals surface area contributed by atoms with E-state index in [9.17, 15) is 32.6 Å². The van der Waals surface area contributed by atoms with Gasteiger partial charge in [0.2, 0.25) is 17.7 Å². The highest BCUT2D eigenvalue weighted by Crippen LogP contribution is 2.29. The van der Waals surface area contributed by atoms with Gasteiger partial charge < -0.3 is 42.4 Å². The number of nitrogens with zero attached hydrogens (tertiary/aromatic N) is 1. The maximum absolute atomic E-state index is 13.2. The Balaban J connectivity index is 1.64. The third-order valence-electron chi connectivity index (χ3n) is 7.13. The van der Waals surface area contributed by atoms with Crippen LogP contribution in [0, 0.1) is 0 Å². The molecule has 15 heteroatoms. The Morgan fingerprint density at radius 3 is 2.28 bits per heavy atom. The maximum Gasteiger partial charge on any atom is 0.491 e. The summed E-state index contributed by atoms with van der Waals surface area (Å²) in [6.45, 7) is 1.52. The molecule has 0 bridgehead atoms. The van der Waals surface area contributed by atoms with Crippen molar-refractivity contribution in [2.75, 3.05) is 26.2 Å². The molecule has 1 heterocycles. The van der Waals surface area contributed by atoms with Crippen LogP contribution in [0.4, 0.5) is 13.2 Å². The molecule has 0 aromatic heterocycles. The summed E-state index contributed by atoms with van der Waals surface area (Å²) in [4.78, 5) is 40.2. The summed E-state index contributed by atoms with van der Waals surface area (Å²) in [6, 6.07) is 7.67. The number of alkyl halides is 3. The Kier molecular flexibility index (Phi) is 12.5. The Morgan fingerprint density at radius 1 is 1.00 bits per heavy atom. The van der Waals surface area contributed by atoms with E-state index < -0.39 is 42.8 Å². The number of halogens is 3. The molecular weight excluding hydrogens is 568 g/mol. The second kappa shape index (κ2) is 15.8. The second-order valence-electron chi connectivity index (χ2n) is 10.3. The molecule has 0 radical (unpaired) electrons. The zero-order chi connectivity index (χ0) is 31.6. The standard InChI is InChI=1S/C28H38BF3N6O5/c30-28(31,32)21-5-1-18(2-6-21)4-9-24(27(41)36-16-19-3-7-22-20(15-19)17-43-29(22)42)37-26(40)23(35)8-10-25(39)38(13-11-33)14-12-34/h1-3,5-7,15,23-24,42H,4,8-14,16-17,33-35H2,(H,36,41)(H,37,40)/t23-,24+/m0/s1. The number of nitrogens with one attached hydrogen (secondary N) is 2. The Labute approximate surface area is 248 Å². The zero-order valence-electron chi connectivity index (χ0n) is 23.7. The van der Waals surface area contributed by atoms with Crippen LogP contribution in [0.5, 0.6) is 0 Å². The number of fused-ring (bicyclic) bond motifs is 1. The van der Waals surface area contributed by atoms with Crippen LogP contribution >= 0.6 is 0 Å². The molecule has 0 unspecified atom stereocenters. The minimum absolute atomic E-state index is 0.0201. The van der Waals surface area contributed by atoms with Crippen LogP contribution in [0.1, 0.15) is 41.5 Å². The van der Waals surface area contributed by atoms with Gasteiger partial charge in [-0.1, -0.05) is 30.3 Å². The first-order valence-corrected chi connectivity index (χ1v) is 14.0. The molecule has 2 aromatic carbocycles. The lowest BCUT2D eigenvalue weighted by atomic mass is 9.79. The van der Waals surface area contributed by atoms with E-state index in [1.165, 1.54) is 17.0 Å². The smallest absolute Gasteiger partial charge is 0.423 e. The van der Waals surface area contributed by atoms with Gasteiger partial charge in [0.1, 0.15) is 6.04 Å². The first kappa shape index (κ1) is 34.0. The monoisotopic (exact) mass is 606 g/mol. The van der Waals surface area contributed by atoms with E-state index in [1.54, 1.807) is 18.2 Å². The van der Waals surface area contributed by atoms with E-state index in [1.807, 2.05) is 0 Å². The summed E-state index contributed by atoms with van der Waals surface area (Å²) in [6.07, 6.45) is -4.19. The lowest BCUT2D eigenvalue weighted by molar-refractivity contribution is -0.137. The van der Waals surface area contributed by atoms with Crippen molar-refractivity contribution in [2.24, 2.45) is 17.2 Å². The minimum atomic E-state index is -4.47. The van der Waals surface area contributed by atoms with Crippen LogP contribution in [-0.4, -0.2) is 73.0 Å². The van der Waals surface area contributed by atoms with Crippen LogP contribution in [0.25, 0.3) is 0 Å². The van der Waals surface area contributed by atoms with E-state index >= 15 is 0 Å². The molecule has 1 aliphatic heterocycles. The molecule has 9 N–H and O–H groups in total. The first-order valence-electron chi connectivity index (χ1n) is 14.0. The fourth-order valence-electron chi connectivity index (χ4n) is 4.67. The SMILES string of the molecule is NCCN(CCN)C(=O)CC[C@H](N)C(=O)N[C@H](CCc1ccc(C(F)(F)F)cc1)C(=O)NCc1ccc2c(c1)COB2O. The maximum atomic E-state index is 13.2. The number of benzene rings is 2. The fourth-order valence-corrected chi connectivity index (χ4v) is 4.67. The average Bonchev–Trinajstić information content (AvgIpc) is 3.35. The van der Waals surface area contributed by atoms with Crippen LogP contribution in [-0.2, 0) is 44.8 Å². The van der Waals surface area contributed by atoms with Crippen LogP contribution < -0.4 is 33.3 Å². The largest absolute Gasteiger partial charge is 0.491 e. The number of hydrogen-bond donors (Lipinski definition) is 6. The molecule has 43 heavy (non-hydrogen) atoms. The van der Waals surface area contributed by atoms with Gasteiger partial charge in [0.15, 0.2) is 0 Å². The molecule has 0 fully saturated rings. The second-order valence-corrected chi connectivity index (χ2v) is 10.3. The minimum Gasteiger partial charge on any atom is -0.423 e. The van der Waals surface area contributed by atoms with Gasteiger partial charge in [-0.25, -0.2) is 0 Å². The molecule has 3 amide bonds. The summed E-state index contributed by atoms with van der Waals surface area (Å²) in [5, 5.41) is 15.2. The summed E-state index contributed by atoms with van der Waals surface area (Å²) in [5.74, 6) is -1.41. The van der Waals surface area contributed by atoms with Crippen LogP contribution in [0.2, 0.25) is 0 Å². The lowest BCUT2D eigenvalue weighted by Crippen LogP contribution is -2.52. The molecular formula is C28H38BF3N6O5. The van der Waals surface area contributed by atoms with Gasteiger partial charge in [-0.2, -0.15) is 13.2 Å². The van der Waals surface area contributed by atoms with Gasteiger partial charge in [0.25, 0.3) is 0 Å². The molecule has 0 saturated heterocycles. The molecule has 234 valence electrons. The van der Waals surface area contributed by atoms with Crippen molar-refractivity contribution in [3.05, 3.63) is 64.7 Å². The van der Waals surface area contributed by atoms with Gasteiger partial charge in [-0.15, -0.1) is 0 Å². The Morgan fingerprint density at radius 2 is 1.65 bits per heavy atom. The predicted molar refractivity (Wildman–Crippen MR) is 154 cm³/mol. The number of carbonyl (C=O) groups is 3. The van der Waals surface area contributed by atoms with E-state index in [0.717, 1.165) is 23.3 Å². The fraction of sp³-hybridized carbons (Fsp3) is 0.464. The summed E-state index contributed by atoms with van der Waals surface area (Å²) in [7, 11) is -0.993. The lowest BCUT2D eigenvalue weighted by Gasteiger charge is -2.23. The van der Waals surface area contributed by atoms with E-state index in [-0.39, 0.29) is 57.8 Å². The summed E-state index contributed by atoms with van der Waals surface area (Å²) >= 11 is 0. The number of amides is 3. The van der Waals surface area contributed by atoms with Crippen molar-refractivity contribution < 1.29 is 37.2 Å². The first-order chi connectivity index (χ1) is 20.4. The van der Waals surface area contributed by atoms with Crippen LogP contribution in [0.15, 0.2) is 42.5 Å². The number of hydrogen-bond acceptors (Lipinski definition) is 8. The zero-order valence-corrected chi connectivity index (χ0v) is 23.7. The molecule has 0 spiro atoms. The number of nitrogens with two attached hydrogens (primary N) is 3. The molecule has 3 rings (SSSR count). The Bertz CT molecular complexity index is 1240. The molecule has 11 nitrogen and oxygen atoms in total. The van der Waals surface area contributed by atoms with Crippen molar-refractivity contribution in [1.82, 2.24) is 15.5 Å². The molecule has 1 aliphatic rings. The Hall–Kier alpha value is -3.50. The van der Waals surface area contributed by atoms with Crippen molar-refractivity contribution in [3.8, 4) is 0 Å². The summed E-state index contributed by atoms with van der Waals surface area (Å²) < 4.78 is 44.0. The van der Waals surface area contributed by atoms with Crippen molar-refractivity contribution >= 4 is 30.3 Å². The van der Waals surface area contributed by atoms with E-state index in [0.29, 0.717) is 24.1 Å². The third kappa shape index (κ3) is 10.0. The summed E-state index contributed by atoms with van der Waals surface area (Å²) in [5.41, 5.74) is 19.1. The van der Waals surface area contributed by atoms with E-state index in [2.05, 4.69) is 10.6 Å².